The highest BCUT2D eigenvalue weighted by Gasteiger charge is 2.20. The zero-order valence-corrected chi connectivity index (χ0v) is 12.0. The first kappa shape index (κ1) is 12.9. The van der Waals surface area contributed by atoms with Crippen molar-refractivity contribution in [3.63, 3.8) is 0 Å². The molecule has 0 atom stereocenters. The highest BCUT2D eigenvalue weighted by molar-refractivity contribution is 5.81. The molecule has 0 radical (unpaired) electrons. The van der Waals surface area contributed by atoms with E-state index in [1.54, 1.807) is 6.92 Å². The molecule has 1 fully saturated rings. The SMILES string of the molecule is CC(=O)N1CCN(c2nc3ccccc3cc2C)CC1. The number of piperazine rings is 1. The summed E-state index contributed by atoms with van der Waals surface area (Å²) < 4.78 is 0. The summed E-state index contributed by atoms with van der Waals surface area (Å²) >= 11 is 0. The van der Waals surface area contributed by atoms with Gasteiger partial charge in [0.15, 0.2) is 0 Å². The van der Waals surface area contributed by atoms with E-state index in [-0.39, 0.29) is 5.91 Å². The largest absolute Gasteiger partial charge is 0.353 e. The van der Waals surface area contributed by atoms with Gasteiger partial charge in [-0.3, -0.25) is 4.79 Å². The van der Waals surface area contributed by atoms with E-state index in [0.717, 1.165) is 37.5 Å². The van der Waals surface area contributed by atoms with Gasteiger partial charge in [-0.2, -0.15) is 0 Å². The summed E-state index contributed by atoms with van der Waals surface area (Å²) in [6, 6.07) is 10.4. The number of fused-ring (bicyclic) bond motifs is 1. The fourth-order valence-corrected chi connectivity index (χ4v) is 2.76. The molecule has 4 nitrogen and oxygen atoms in total. The van der Waals surface area contributed by atoms with Crippen LogP contribution in [0.4, 0.5) is 5.82 Å². The number of aromatic nitrogens is 1. The van der Waals surface area contributed by atoms with Gasteiger partial charge in [0.2, 0.25) is 5.91 Å². The Labute approximate surface area is 119 Å². The van der Waals surface area contributed by atoms with Crippen molar-refractivity contribution >= 4 is 22.6 Å². The number of hydrogen-bond acceptors (Lipinski definition) is 3. The number of hydrogen-bond donors (Lipinski definition) is 0. The summed E-state index contributed by atoms with van der Waals surface area (Å²) in [4.78, 5) is 20.3. The first-order valence-corrected chi connectivity index (χ1v) is 7.02. The van der Waals surface area contributed by atoms with Crippen molar-refractivity contribution in [1.82, 2.24) is 9.88 Å². The Hall–Kier alpha value is -2.10. The van der Waals surface area contributed by atoms with Crippen LogP contribution in [0.3, 0.4) is 0 Å². The zero-order valence-electron chi connectivity index (χ0n) is 12.0. The van der Waals surface area contributed by atoms with Crippen molar-refractivity contribution in [2.24, 2.45) is 0 Å². The van der Waals surface area contributed by atoms with E-state index in [0.29, 0.717) is 0 Å². The lowest BCUT2D eigenvalue weighted by Gasteiger charge is -2.35. The van der Waals surface area contributed by atoms with Crippen LogP contribution in [-0.2, 0) is 4.79 Å². The maximum Gasteiger partial charge on any atom is 0.219 e. The summed E-state index contributed by atoms with van der Waals surface area (Å²) in [5.74, 6) is 1.21. The first-order chi connectivity index (χ1) is 9.65. The third kappa shape index (κ3) is 2.33. The van der Waals surface area contributed by atoms with Gasteiger partial charge < -0.3 is 9.80 Å². The minimum Gasteiger partial charge on any atom is -0.353 e. The smallest absolute Gasteiger partial charge is 0.219 e. The Morgan fingerprint density at radius 2 is 1.85 bits per heavy atom. The maximum atomic E-state index is 11.4. The van der Waals surface area contributed by atoms with Gasteiger partial charge in [-0.05, 0) is 24.6 Å². The number of pyridine rings is 1. The van der Waals surface area contributed by atoms with E-state index in [1.165, 1.54) is 10.9 Å². The molecule has 0 aliphatic carbocycles. The molecule has 20 heavy (non-hydrogen) atoms. The highest BCUT2D eigenvalue weighted by Crippen LogP contribution is 2.23. The molecule has 0 N–H and O–H groups in total. The number of benzene rings is 1. The maximum absolute atomic E-state index is 11.4. The normalized spacial score (nSPS) is 15.7. The van der Waals surface area contributed by atoms with Gasteiger partial charge in [0, 0.05) is 38.5 Å². The molecule has 0 unspecified atom stereocenters. The number of para-hydroxylation sites is 1. The van der Waals surface area contributed by atoms with E-state index in [1.807, 2.05) is 23.1 Å². The molecule has 1 saturated heterocycles. The third-order valence-corrected chi connectivity index (χ3v) is 3.91. The van der Waals surface area contributed by atoms with E-state index in [4.69, 9.17) is 4.98 Å². The Kier molecular flexibility index (Phi) is 3.30. The van der Waals surface area contributed by atoms with Crippen LogP contribution in [0.25, 0.3) is 10.9 Å². The van der Waals surface area contributed by atoms with Crippen LogP contribution >= 0.6 is 0 Å². The molecular weight excluding hydrogens is 250 g/mol. The highest BCUT2D eigenvalue weighted by atomic mass is 16.2. The first-order valence-electron chi connectivity index (χ1n) is 7.02. The molecular formula is C16H19N3O. The second kappa shape index (κ2) is 5.12. The molecule has 0 spiro atoms. The number of aryl methyl sites for hydroxylation is 1. The van der Waals surface area contributed by atoms with Gasteiger partial charge in [0.1, 0.15) is 5.82 Å². The number of carbonyl (C=O) groups is 1. The summed E-state index contributed by atoms with van der Waals surface area (Å²) in [5, 5.41) is 1.18. The van der Waals surface area contributed by atoms with Crippen molar-refractivity contribution < 1.29 is 4.79 Å². The molecule has 0 bridgehead atoms. The monoisotopic (exact) mass is 269 g/mol. The fourth-order valence-electron chi connectivity index (χ4n) is 2.76. The summed E-state index contributed by atoms with van der Waals surface area (Å²) in [6.07, 6.45) is 0. The predicted molar refractivity (Wildman–Crippen MR) is 80.9 cm³/mol. The lowest BCUT2D eigenvalue weighted by atomic mass is 10.1. The molecule has 1 aromatic carbocycles. The van der Waals surface area contributed by atoms with E-state index >= 15 is 0 Å². The standard InChI is InChI=1S/C16H19N3O/c1-12-11-14-5-3-4-6-15(14)17-16(12)19-9-7-18(8-10-19)13(2)20/h3-6,11H,7-10H2,1-2H3. The minimum atomic E-state index is 0.160. The molecule has 1 aliphatic rings. The van der Waals surface area contributed by atoms with Crippen molar-refractivity contribution in [3.05, 3.63) is 35.9 Å². The summed E-state index contributed by atoms with van der Waals surface area (Å²) in [5.41, 5.74) is 2.22. The molecule has 2 aromatic rings. The van der Waals surface area contributed by atoms with Crippen LogP contribution < -0.4 is 4.90 Å². The Bertz CT molecular complexity index is 645. The average molecular weight is 269 g/mol. The topological polar surface area (TPSA) is 36.4 Å². The lowest BCUT2D eigenvalue weighted by Crippen LogP contribution is -2.48. The van der Waals surface area contributed by atoms with Crippen molar-refractivity contribution in [2.45, 2.75) is 13.8 Å². The van der Waals surface area contributed by atoms with Crippen LogP contribution in [-0.4, -0.2) is 42.0 Å². The predicted octanol–water partition coefficient (Wildman–Crippen LogP) is 2.21. The van der Waals surface area contributed by atoms with Crippen molar-refractivity contribution in [2.75, 3.05) is 31.1 Å². The van der Waals surface area contributed by atoms with Gasteiger partial charge in [-0.15, -0.1) is 0 Å². The minimum absolute atomic E-state index is 0.160. The molecule has 1 amide bonds. The number of anilines is 1. The van der Waals surface area contributed by atoms with E-state index in [2.05, 4.69) is 24.0 Å². The zero-order chi connectivity index (χ0) is 14.1. The lowest BCUT2D eigenvalue weighted by molar-refractivity contribution is -0.129. The molecule has 3 rings (SSSR count). The quantitative estimate of drug-likeness (QED) is 0.796. The summed E-state index contributed by atoms with van der Waals surface area (Å²) in [6.45, 7) is 7.01. The Morgan fingerprint density at radius 1 is 1.15 bits per heavy atom. The fraction of sp³-hybridized carbons (Fsp3) is 0.375. The van der Waals surface area contributed by atoms with E-state index in [9.17, 15) is 4.79 Å². The van der Waals surface area contributed by atoms with Gasteiger partial charge in [0.25, 0.3) is 0 Å². The van der Waals surface area contributed by atoms with Crippen molar-refractivity contribution in [3.8, 4) is 0 Å². The van der Waals surface area contributed by atoms with Crippen molar-refractivity contribution in [1.29, 1.82) is 0 Å². The molecule has 104 valence electrons. The van der Waals surface area contributed by atoms with Gasteiger partial charge >= 0.3 is 0 Å². The van der Waals surface area contributed by atoms with Gasteiger partial charge in [-0.1, -0.05) is 18.2 Å². The number of amides is 1. The second-order valence-electron chi connectivity index (χ2n) is 5.31. The van der Waals surface area contributed by atoms with Gasteiger partial charge in [0.05, 0.1) is 5.52 Å². The average Bonchev–Trinajstić information content (AvgIpc) is 2.46. The number of carbonyl (C=O) groups excluding carboxylic acids is 1. The third-order valence-electron chi connectivity index (χ3n) is 3.91. The van der Waals surface area contributed by atoms with E-state index < -0.39 is 0 Å². The van der Waals surface area contributed by atoms with Crippen LogP contribution in [0.15, 0.2) is 30.3 Å². The van der Waals surface area contributed by atoms with Crippen LogP contribution in [0, 0.1) is 6.92 Å². The molecule has 1 aliphatic heterocycles. The Balaban J connectivity index is 1.87. The van der Waals surface area contributed by atoms with Crippen LogP contribution in [0.5, 0.6) is 0 Å². The van der Waals surface area contributed by atoms with Gasteiger partial charge in [-0.25, -0.2) is 4.98 Å². The second-order valence-corrected chi connectivity index (χ2v) is 5.31. The molecule has 0 saturated carbocycles. The molecule has 2 heterocycles. The summed E-state index contributed by atoms with van der Waals surface area (Å²) in [7, 11) is 0. The van der Waals surface area contributed by atoms with Crippen LogP contribution in [0.2, 0.25) is 0 Å². The molecule has 1 aromatic heterocycles. The number of rotatable bonds is 1. The Morgan fingerprint density at radius 3 is 2.55 bits per heavy atom. The van der Waals surface area contributed by atoms with Crippen LogP contribution in [0.1, 0.15) is 12.5 Å². The number of nitrogens with zero attached hydrogens (tertiary/aromatic N) is 3. The molecule has 4 heteroatoms.